The predicted octanol–water partition coefficient (Wildman–Crippen LogP) is 5.32. The van der Waals surface area contributed by atoms with Crippen molar-refractivity contribution in [2.45, 2.75) is 102 Å². The van der Waals surface area contributed by atoms with Gasteiger partial charge in [-0.15, -0.1) is 0 Å². The number of hydrogen-bond acceptors (Lipinski definition) is 13. The van der Waals surface area contributed by atoms with Crippen LogP contribution in [0.2, 0.25) is 0 Å². The number of nitrogens with zero attached hydrogens (tertiary/aromatic N) is 9. The Morgan fingerprint density at radius 3 is 2.50 bits per heavy atom. The molecule has 4 N–H and O–H groups in total. The summed E-state index contributed by atoms with van der Waals surface area (Å²) in [5.74, 6) is 4.76. The number of imidazole rings is 1. The van der Waals surface area contributed by atoms with Gasteiger partial charge in [0.2, 0.25) is 11.8 Å². The molecular weight excluding hydrogens is 937 g/mol. The van der Waals surface area contributed by atoms with Crippen LogP contribution in [-0.2, 0) is 30.9 Å². The van der Waals surface area contributed by atoms with E-state index in [1.165, 1.54) is 26.0 Å². The number of morpholine rings is 1. The molecule has 20 nitrogen and oxygen atoms in total. The number of rotatable bonds is 12. The lowest BCUT2D eigenvalue weighted by Gasteiger charge is -2.36. The molecule has 5 aliphatic rings. The standard InChI is InChI=1S/C44H49F2N11O6.C5H6O3.CH4/c1-52-39-27(4-2-6-34(39)57(44(52)61)35-11-12-37(58)50-43(35)60)5-3-19-62-30-13-16-53(17-14-30)22-26-7-9-28(10-8-26)56-24-33(38(51-56)40(45)46)48-42(59)32-21-47-55-18-15-36(49-41(32)55)54-23-31-20-29(54)25-63-31;1-4(6)2-3-5(7)8;/h2,4,6,15,18,21,24,26,28-31,35,40H,7-14,16-17,19-20,22-23,25H2,1H3,(H,48,59)(H,50,58,60);2-3,6H,1H2,(H,7,8);1H4/b;3-2-;/t26?,28?,29-,31-,35?;;/m1../s1. The number of hydrogen-bond donors (Lipinski definition) is 4. The van der Waals surface area contributed by atoms with E-state index in [2.05, 4.69) is 49.1 Å². The molecule has 72 heavy (non-hydrogen) atoms. The minimum Gasteiger partial charge on any atom is -0.509 e. The molecule has 22 heteroatoms. The highest BCUT2D eigenvalue weighted by Crippen LogP contribution is 2.36. The summed E-state index contributed by atoms with van der Waals surface area (Å²) in [6, 6.07) is 6.73. The number of carboxylic acid groups (broad SMARTS) is 1. The Labute approximate surface area is 413 Å². The second kappa shape index (κ2) is 22.0. The van der Waals surface area contributed by atoms with E-state index in [9.17, 15) is 32.8 Å². The van der Waals surface area contributed by atoms with Crippen LogP contribution in [0.15, 0.2) is 72.1 Å². The number of fused-ring (bicyclic) bond motifs is 4. The molecule has 4 saturated heterocycles. The fourth-order valence-corrected chi connectivity index (χ4v) is 10.3. The molecule has 1 aromatic carbocycles. The van der Waals surface area contributed by atoms with Gasteiger partial charge < -0.3 is 34.8 Å². The highest BCUT2D eigenvalue weighted by atomic mass is 19.3. The number of halogens is 2. The van der Waals surface area contributed by atoms with Crippen LogP contribution in [0.25, 0.3) is 16.7 Å². The molecule has 0 radical (unpaired) electrons. The van der Waals surface area contributed by atoms with Gasteiger partial charge in [0.25, 0.3) is 12.3 Å². The largest absolute Gasteiger partial charge is 0.509 e. The molecule has 10 rings (SSSR count). The summed E-state index contributed by atoms with van der Waals surface area (Å²) in [4.78, 5) is 70.1. The number of carboxylic acids is 1. The first-order chi connectivity index (χ1) is 34.2. The van der Waals surface area contributed by atoms with Crippen molar-refractivity contribution >= 4 is 51.9 Å². The molecule has 8 heterocycles. The predicted molar refractivity (Wildman–Crippen MR) is 261 cm³/mol. The highest BCUT2D eigenvalue weighted by Gasteiger charge is 2.40. The van der Waals surface area contributed by atoms with Crippen molar-refractivity contribution in [3.05, 3.63) is 94.7 Å². The molecule has 1 unspecified atom stereocenters. The number of amides is 3. The van der Waals surface area contributed by atoms with Gasteiger partial charge in [-0.05, 0) is 81.6 Å². The zero-order valence-corrected chi connectivity index (χ0v) is 39.1. The SMILES string of the molecule is C.C=C(O)/C=C\C(=O)O.Cn1c(=O)n(C2CCC(=O)NC2=O)c2cccc(C#CCOC3CCN(CC4CCC(n5cc(NC(=O)c6cnn7ccc(N8C[C@H]9C[C@@H]8CO9)nc67)c(C(F)F)n5)CC4)CC3)c21. The van der Waals surface area contributed by atoms with E-state index in [0.717, 1.165) is 89.1 Å². The van der Waals surface area contributed by atoms with E-state index in [0.29, 0.717) is 34.8 Å². The number of imide groups is 1. The average Bonchev–Trinajstić information content (AvgIpc) is 4.21. The third-order valence-electron chi connectivity index (χ3n) is 13.9. The van der Waals surface area contributed by atoms with Crippen LogP contribution >= 0.6 is 0 Å². The fraction of sp³-hybridized carbons (Fsp3) is 0.480. The smallest absolute Gasteiger partial charge is 0.329 e. The average molecular weight is 996 g/mol. The number of piperidine rings is 2. The number of nitrogens with one attached hydrogen (secondary N) is 2. The Morgan fingerprint density at radius 2 is 1.83 bits per heavy atom. The van der Waals surface area contributed by atoms with Crippen LogP contribution < -0.4 is 21.2 Å². The molecule has 1 saturated carbocycles. The summed E-state index contributed by atoms with van der Waals surface area (Å²) in [6.07, 6.45) is 10.5. The molecule has 1 aliphatic carbocycles. The van der Waals surface area contributed by atoms with Crippen molar-refractivity contribution in [1.82, 2.24) is 43.7 Å². The summed E-state index contributed by atoms with van der Waals surface area (Å²) in [5.41, 5.74) is 1.62. The van der Waals surface area contributed by atoms with Crippen LogP contribution in [-0.4, -0.2) is 130 Å². The van der Waals surface area contributed by atoms with Crippen LogP contribution in [0.1, 0.15) is 105 Å². The topological polar surface area (TPSA) is 233 Å². The number of para-hydroxylation sites is 1. The molecule has 382 valence electrons. The molecule has 0 spiro atoms. The van der Waals surface area contributed by atoms with Gasteiger partial charge in [0.15, 0.2) is 11.3 Å². The number of aliphatic carboxylic acids is 1. The van der Waals surface area contributed by atoms with Gasteiger partial charge >= 0.3 is 11.7 Å². The maximum Gasteiger partial charge on any atom is 0.329 e. The summed E-state index contributed by atoms with van der Waals surface area (Å²) in [7, 11) is 1.66. The first kappa shape index (κ1) is 51.1. The monoisotopic (exact) mass is 995 g/mol. The second-order valence-corrected chi connectivity index (χ2v) is 18.6. The summed E-state index contributed by atoms with van der Waals surface area (Å²) >= 11 is 0. The Bertz CT molecular complexity index is 2990. The molecular formula is C50H59F2N11O9. The summed E-state index contributed by atoms with van der Waals surface area (Å²) in [6.45, 7) is 7.43. The summed E-state index contributed by atoms with van der Waals surface area (Å²) in [5, 5.41) is 29.8. The molecule has 5 fully saturated rings. The first-order valence-electron chi connectivity index (χ1n) is 23.8. The van der Waals surface area contributed by atoms with Crippen LogP contribution in [0.4, 0.5) is 20.3 Å². The number of carbonyl (C=O) groups is 4. The third-order valence-corrected chi connectivity index (χ3v) is 13.9. The molecule has 5 aromatic rings. The number of allylic oxidation sites excluding steroid dienone is 1. The van der Waals surface area contributed by atoms with Crippen LogP contribution in [0.3, 0.4) is 0 Å². The van der Waals surface area contributed by atoms with Crippen molar-refractivity contribution in [3.8, 4) is 11.8 Å². The Balaban J connectivity index is 0.000000712. The van der Waals surface area contributed by atoms with E-state index < -0.39 is 35.9 Å². The van der Waals surface area contributed by atoms with Crippen molar-refractivity contribution < 1.29 is 47.6 Å². The van der Waals surface area contributed by atoms with Gasteiger partial charge in [-0.1, -0.05) is 31.9 Å². The van der Waals surface area contributed by atoms with Crippen LogP contribution in [0, 0.1) is 17.8 Å². The van der Waals surface area contributed by atoms with E-state index >= 15 is 0 Å². The Kier molecular flexibility index (Phi) is 15.7. The maximum absolute atomic E-state index is 14.3. The number of likely N-dealkylation sites (tertiary alicyclic amines) is 1. The molecule has 3 amide bonds. The quantitative estimate of drug-likeness (QED) is 0.0408. The van der Waals surface area contributed by atoms with Crippen molar-refractivity contribution in [2.24, 2.45) is 13.0 Å². The Morgan fingerprint density at radius 1 is 1.06 bits per heavy atom. The number of carbonyl (C=O) groups excluding carboxylic acids is 3. The number of aliphatic hydroxyl groups is 1. The lowest BCUT2D eigenvalue weighted by molar-refractivity contribution is -0.136. The summed E-state index contributed by atoms with van der Waals surface area (Å²) < 4.78 is 46.5. The Hall–Kier alpha value is -7.22. The number of anilines is 2. The number of alkyl halides is 2. The van der Waals surface area contributed by atoms with Crippen molar-refractivity contribution in [2.75, 3.05) is 49.6 Å². The number of aryl methyl sites for hydroxylation is 1. The van der Waals surface area contributed by atoms with E-state index in [4.69, 9.17) is 24.7 Å². The van der Waals surface area contributed by atoms with E-state index in [1.807, 2.05) is 18.2 Å². The van der Waals surface area contributed by atoms with Gasteiger partial charge in [-0.2, -0.15) is 10.2 Å². The number of aromatic nitrogens is 7. The van der Waals surface area contributed by atoms with Gasteiger partial charge in [-0.3, -0.25) is 33.5 Å². The zero-order valence-electron chi connectivity index (χ0n) is 39.1. The lowest BCUT2D eigenvalue weighted by Crippen LogP contribution is -2.44. The van der Waals surface area contributed by atoms with Crippen molar-refractivity contribution in [1.29, 1.82) is 0 Å². The molecule has 4 aromatic heterocycles. The van der Waals surface area contributed by atoms with Gasteiger partial charge in [0.1, 0.15) is 29.8 Å². The zero-order chi connectivity index (χ0) is 49.9. The number of benzene rings is 1. The molecule has 2 bridgehead atoms. The van der Waals surface area contributed by atoms with Gasteiger partial charge in [-0.25, -0.2) is 27.9 Å². The molecule has 3 atom stereocenters. The first-order valence-corrected chi connectivity index (χ1v) is 23.8. The second-order valence-electron chi connectivity index (χ2n) is 18.6. The third kappa shape index (κ3) is 11.1. The van der Waals surface area contributed by atoms with Crippen molar-refractivity contribution in [3.63, 3.8) is 0 Å². The lowest BCUT2D eigenvalue weighted by atomic mass is 9.85. The molecule has 4 aliphatic heterocycles. The van der Waals surface area contributed by atoms with Gasteiger partial charge in [0, 0.05) is 58.1 Å². The normalized spacial score (nSPS) is 22.4. The minimum atomic E-state index is -2.86. The van der Waals surface area contributed by atoms with E-state index in [1.54, 1.807) is 24.0 Å². The number of aliphatic hydroxyl groups excluding tert-OH is 1. The maximum atomic E-state index is 14.3. The highest BCUT2D eigenvalue weighted by molar-refractivity contribution is 6.08. The minimum absolute atomic E-state index is 0. The van der Waals surface area contributed by atoms with Crippen LogP contribution in [0.5, 0.6) is 0 Å². The van der Waals surface area contributed by atoms with E-state index in [-0.39, 0.29) is 79.8 Å². The number of ether oxygens (including phenoxy) is 2. The van der Waals surface area contributed by atoms with Gasteiger partial charge in [0.05, 0.1) is 59.4 Å². The fourth-order valence-electron chi connectivity index (χ4n) is 10.3.